The van der Waals surface area contributed by atoms with Crippen LogP contribution in [0.5, 0.6) is 0 Å². The maximum absolute atomic E-state index is 13.4. The molecular weight excluding hydrogens is 520 g/mol. The van der Waals surface area contributed by atoms with Crippen LogP contribution < -0.4 is 14.9 Å². The van der Waals surface area contributed by atoms with Crippen molar-refractivity contribution in [3.05, 3.63) is 83.9 Å². The monoisotopic (exact) mass is 545 g/mol. The van der Waals surface area contributed by atoms with Crippen LogP contribution in [0.25, 0.3) is 0 Å². The fourth-order valence-electron chi connectivity index (χ4n) is 3.64. The Morgan fingerprint density at radius 1 is 0.921 bits per heavy atom. The minimum Gasteiger partial charge on any atom is -0.449 e. The summed E-state index contributed by atoms with van der Waals surface area (Å²) in [5, 5.41) is 2.70. The van der Waals surface area contributed by atoms with Crippen LogP contribution in [0.4, 0.5) is 25.8 Å². The largest absolute Gasteiger partial charge is 0.449 e. The number of benzene rings is 3. The lowest BCUT2D eigenvalue weighted by Gasteiger charge is -2.28. The number of halogens is 2. The fraction of sp³-hybridized carbons (Fsp3) is 0.231. The Morgan fingerprint density at radius 2 is 1.55 bits per heavy atom. The molecule has 4 rings (SSSR count). The van der Waals surface area contributed by atoms with E-state index in [9.17, 15) is 26.8 Å². The normalized spacial score (nSPS) is 14.4. The summed E-state index contributed by atoms with van der Waals surface area (Å²) in [7, 11) is -4.19. The topological polar surface area (TPSA) is 114 Å². The van der Waals surface area contributed by atoms with Crippen LogP contribution in [0.1, 0.15) is 17.3 Å². The van der Waals surface area contributed by atoms with Gasteiger partial charge in [0.1, 0.15) is 0 Å². The maximum Gasteiger partial charge on any atom is 0.338 e. The molecule has 38 heavy (non-hydrogen) atoms. The SMILES string of the molecule is C[C@H](OC(=O)c1ccc(NS(=O)(=O)c2ccc(F)c(F)c2)cc1)C(=O)Nc1ccc(N2CCOCC2)cc1. The summed E-state index contributed by atoms with van der Waals surface area (Å²) in [6, 6.07) is 14.7. The van der Waals surface area contributed by atoms with Crippen LogP contribution >= 0.6 is 0 Å². The third kappa shape index (κ3) is 6.64. The van der Waals surface area contributed by atoms with Gasteiger partial charge in [0.05, 0.1) is 23.7 Å². The molecule has 1 heterocycles. The molecule has 3 aromatic rings. The molecule has 1 saturated heterocycles. The Kier molecular flexibility index (Phi) is 8.23. The second kappa shape index (κ2) is 11.6. The van der Waals surface area contributed by atoms with Gasteiger partial charge in [0.2, 0.25) is 0 Å². The highest BCUT2D eigenvalue weighted by atomic mass is 32.2. The van der Waals surface area contributed by atoms with E-state index in [2.05, 4.69) is 14.9 Å². The van der Waals surface area contributed by atoms with E-state index < -0.39 is 44.5 Å². The van der Waals surface area contributed by atoms with Crippen LogP contribution in [0, 0.1) is 11.6 Å². The van der Waals surface area contributed by atoms with Gasteiger partial charge in [0, 0.05) is 30.2 Å². The van der Waals surface area contributed by atoms with Gasteiger partial charge in [-0.2, -0.15) is 0 Å². The third-order valence-corrected chi connectivity index (χ3v) is 7.12. The van der Waals surface area contributed by atoms with E-state index in [0.717, 1.165) is 24.8 Å². The summed E-state index contributed by atoms with van der Waals surface area (Å²) in [5.74, 6) is -3.77. The summed E-state index contributed by atoms with van der Waals surface area (Å²) in [5.41, 5.74) is 1.72. The highest BCUT2D eigenvalue weighted by molar-refractivity contribution is 7.92. The van der Waals surface area contributed by atoms with E-state index in [1.807, 2.05) is 12.1 Å². The number of ether oxygens (including phenoxy) is 2. The lowest BCUT2D eigenvalue weighted by molar-refractivity contribution is -0.123. The smallest absolute Gasteiger partial charge is 0.338 e. The van der Waals surface area contributed by atoms with Gasteiger partial charge < -0.3 is 19.7 Å². The second-order valence-electron chi connectivity index (χ2n) is 8.44. The number of carbonyl (C=O) groups is 2. The van der Waals surface area contributed by atoms with E-state index in [1.165, 1.54) is 31.2 Å². The van der Waals surface area contributed by atoms with E-state index in [0.29, 0.717) is 31.0 Å². The first-order valence-corrected chi connectivity index (χ1v) is 13.1. The number of nitrogens with zero attached hydrogens (tertiary/aromatic N) is 1. The molecule has 12 heteroatoms. The molecule has 1 atom stereocenters. The molecule has 0 aromatic heterocycles. The predicted molar refractivity (Wildman–Crippen MR) is 137 cm³/mol. The van der Waals surface area contributed by atoms with Crippen molar-refractivity contribution < 1.29 is 36.3 Å². The Morgan fingerprint density at radius 3 is 2.18 bits per heavy atom. The number of hydrogen-bond donors (Lipinski definition) is 2. The van der Waals surface area contributed by atoms with E-state index >= 15 is 0 Å². The zero-order chi connectivity index (χ0) is 27.3. The van der Waals surface area contributed by atoms with Gasteiger partial charge in [-0.3, -0.25) is 9.52 Å². The highest BCUT2D eigenvalue weighted by Crippen LogP contribution is 2.21. The Labute approximate surface area is 218 Å². The lowest BCUT2D eigenvalue weighted by atomic mass is 10.2. The first-order chi connectivity index (χ1) is 18.1. The molecule has 0 radical (unpaired) electrons. The molecule has 0 saturated carbocycles. The Bertz CT molecular complexity index is 1410. The maximum atomic E-state index is 13.4. The second-order valence-corrected chi connectivity index (χ2v) is 10.1. The van der Waals surface area contributed by atoms with Crippen molar-refractivity contribution in [2.75, 3.05) is 41.2 Å². The number of nitrogens with one attached hydrogen (secondary N) is 2. The van der Waals surface area contributed by atoms with Gasteiger partial charge in [-0.1, -0.05) is 0 Å². The Hall–Kier alpha value is -4.03. The van der Waals surface area contributed by atoms with Crippen LogP contribution in [-0.4, -0.2) is 52.7 Å². The van der Waals surface area contributed by atoms with Gasteiger partial charge in [-0.15, -0.1) is 0 Å². The van der Waals surface area contributed by atoms with E-state index in [1.54, 1.807) is 12.1 Å². The molecule has 200 valence electrons. The van der Waals surface area contributed by atoms with E-state index in [4.69, 9.17) is 9.47 Å². The van der Waals surface area contributed by atoms with Crippen LogP contribution in [0.3, 0.4) is 0 Å². The fourth-order valence-corrected chi connectivity index (χ4v) is 4.71. The van der Waals surface area contributed by atoms with Crippen LogP contribution in [0.15, 0.2) is 71.6 Å². The van der Waals surface area contributed by atoms with Crippen molar-refractivity contribution in [1.82, 2.24) is 0 Å². The predicted octanol–water partition coefficient (Wildman–Crippen LogP) is 3.79. The average molecular weight is 546 g/mol. The molecule has 0 bridgehead atoms. The average Bonchev–Trinajstić information content (AvgIpc) is 2.91. The quantitative estimate of drug-likeness (QED) is 0.414. The zero-order valence-corrected chi connectivity index (χ0v) is 21.1. The van der Waals surface area contributed by atoms with Crippen molar-refractivity contribution >= 4 is 39.0 Å². The molecule has 1 aliphatic heterocycles. The number of morpholine rings is 1. The molecule has 2 N–H and O–H groups in total. The molecule has 3 aromatic carbocycles. The van der Waals surface area contributed by atoms with Crippen molar-refractivity contribution in [2.24, 2.45) is 0 Å². The van der Waals surface area contributed by atoms with Gasteiger partial charge in [-0.05, 0) is 73.7 Å². The number of anilines is 3. The van der Waals surface area contributed by atoms with E-state index in [-0.39, 0.29) is 11.3 Å². The third-order valence-electron chi connectivity index (χ3n) is 5.74. The first kappa shape index (κ1) is 27.0. The number of sulfonamides is 1. The molecule has 0 unspecified atom stereocenters. The summed E-state index contributed by atoms with van der Waals surface area (Å²) >= 11 is 0. The number of amides is 1. The van der Waals surface area contributed by atoms with Gasteiger partial charge in [-0.25, -0.2) is 22.0 Å². The minimum atomic E-state index is -4.19. The summed E-state index contributed by atoms with van der Waals surface area (Å²) in [6.07, 6.45) is -1.10. The summed E-state index contributed by atoms with van der Waals surface area (Å²) in [4.78, 5) is 26.7. The van der Waals surface area contributed by atoms with Crippen molar-refractivity contribution in [2.45, 2.75) is 17.9 Å². The Balaban J connectivity index is 1.31. The highest BCUT2D eigenvalue weighted by Gasteiger charge is 2.21. The van der Waals surface area contributed by atoms with Crippen LogP contribution in [-0.2, 0) is 24.3 Å². The number of hydrogen-bond acceptors (Lipinski definition) is 7. The number of carbonyl (C=O) groups excluding carboxylic acids is 2. The molecule has 9 nitrogen and oxygen atoms in total. The van der Waals surface area contributed by atoms with Gasteiger partial charge in [0.15, 0.2) is 17.7 Å². The first-order valence-electron chi connectivity index (χ1n) is 11.6. The van der Waals surface area contributed by atoms with Gasteiger partial charge in [0.25, 0.3) is 15.9 Å². The molecule has 1 aliphatic rings. The molecule has 0 spiro atoms. The minimum absolute atomic E-state index is 0.0790. The standard InChI is InChI=1S/C26H25F2N3O6S/c1-17(25(32)29-19-6-8-21(9-7-19)31-12-14-36-15-13-31)37-26(33)18-2-4-20(5-3-18)30-38(34,35)22-10-11-23(27)24(28)16-22/h2-11,16-17,30H,12-15H2,1H3,(H,29,32)/t17-/m0/s1. The molecule has 1 fully saturated rings. The van der Waals surface area contributed by atoms with Gasteiger partial charge >= 0.3 is 5.97 Å². The summed E-state index contributed by atoms with van der Waals surface area (Å²) in [6.45, 7) is 4.34. The van der Waals surface area contributed by atoms with Crippen molar-refractivity contribution in [3.8, 4) is 0 Å². The van der Waals surface area contributed by atoms with Crippen molar-refractivity contribution in [1.29, 1.82) is 0 Å². The summed E-state index contributed by atoms with van der Waals surface area (Å²) < 4.78 is 64.1. The van der Waals surface area contributed by atoms with Crippen LogP contribution in [0.2, 0.25) is 0 Å². The lowest BCUT2D eigenvalue weighted by Crippen LogP contribution is -2.36. The van der Waals surface area contributed by atoms with Crippen molar-refractivity contribution in [3.63, 3.8) is 0 Å². The zero-order valence-electron chi connectivity index (χ0n) is 20.3. The molecule has 1 amide bonds. The molecular formula is C26H25F2N3O6S. The number of rotatable bonds is 8. The number of esters is 1. The molecule has 0 aliphatic carbocycles.